The third-order valence-corrected chi connectivity index (χ3v) is 2.61. The van der Waals surface area contributed by atoms with E-state index < -0.39 is 0 Å². The molecule has 0 radical (unpaired) electrons. The van der Waals surface area contributed by atoms with Crippen molar-refractivity contribution in [2.45, 2.75) is 6.54 Å². The van der Waals surface area contributed by atoms with Gasteiger partial charge in [-0.15, -0.1) is 0 Å². The molecule has 2 rings (SSSR count). The lowest BCUT2D eigenvalue weighted by molar-refractivity contribution is 0.0776. The number of rotatable bonds is 3. The first-order chi connectivity index (χ1) is 8.16. The first kappa shape index (κ1) is 11.7. The molecular formula is C10H10BrN5O. The fraction of sp³-hybridized carbons (Fsp3) is 0.200. The molecule has 2 aromatic rings. The number of nitrogens with one attached hydrogen (secondary N) is 1. The van der Waals surface area contributed by atoms with Crippen LogP contribution in [0.3, 0.4) is 0 Å². The Balaban J connectivity index is 2.07. The summed E-state index contributed by atoms with van der Waals surface area (Å²) >= 11 is 3.27. The van der Waals surface area contributed by atoms with Gasteiger partial charge in [-0.1, -0.05) is 0 Å². The van der Waals surface area contributed by atoms with Gasteiger partial charge in [0.1, 0.15) is 17.8 Å². The van der Waals surface area contributed by atoms with Crippen LogP contribution in [0, 0.1) is 0 Å². The zero-order valence-corrected chi connectivity index (χ0v) is 10.7. The van der Waals surface area contributed by atoms with E-state index in [1.165, 1.54) is 11.2 Å². The molecule has 88 valence electrons. The molecule has 2 heterocycles. The van der Waals surface area contributed by atoms with Crippen LogP contribution in [0.25, 0.3) is 0 Å². The van der Waals surface area contributed by atoms with Crippen LogP contribution in [0.2, 0.25) is 0 Å². The number of aromatic amines is 1. The maximum atomic E-state index is 12.0. The molecule has 0 aliphatic heterocycles. The summed E-state index contributed by atoms with van der Waals surface area (Å²) in [4.78, 5) is 21.5. The normalized spacial score (nSPS) is 10.2. The highest BCUT2D eigenvalue weighted by molar-refractivity contribution is 9.10. The van der Waals surface area contributed by atoms with Crippen molar-refractivity contribution in [3.8, 4) is 0 Å². The van der Waals surface area contributed by atoms with E-state index in [0.717, 1.165) is 4.47 Å². The number of hydrogen-bond donors (Lipinski definition) is 1. The lowest BCUT2D eigenvalue weighted by Crippen LogP contribution is -2.27. The van der Waals surface area contributed by atoms with Crippen molar-refractivity contribution in [1.82, 2.24) is 25.1 Å². The van der Waals surface area contributed by atoms with Crippen LogP contribution in [0.5, 0.6) is 0 Å². The van der Waals surface area contributed by atoms with Gasteiger partial charge >= 0.3 is 0 Å². The molecule has 7 heteroatoms. The fourth-order valence-corrected chi connectivity index (χ4v) is 1.54. The van der Waals surface area contributed by atoms with Gasteiger partial charge in [0.15, 0.2) is 0 Å². The second-order valence-corrected chi connectivity index (χ2v) is 4.37. The average molecular weight is 296 g/mol. The first-order valence-corrected chi connectivity index (χ1v) is 5.67. The van der Waals surface area contributed by atoms with Crippen molar-refractivity contribution in [2.75, 3.05) is 7.05 Å². The lowest BCUT2D eigenvalue weighted by Gasteiger charge is -2.14. The Hall–Kier alpha value is -1.76. The van der Waals surface area contributed by atoms with E-state index in [9.17, 15) is 4.79 Å². The molecule has 0 atom stereocenters. The average Bonchev–Trinajstić information content (AvgIpc) is 2.82. The molecule has 0 spiro atoms. The number of pyridine rings is 1. The van der Waals surface area contributed by atoms with E-state index in [-0.39, 0.29) is 5.91 Å². The molecule has 0 aromatic carbocycles. The smallest absolute Gasteiger partial charge is 0.272 e. The molecule has 17 heavy (non-hydrogen) atoms. The van der Waals surface area contributed by atoms with Crippen molar-refractivity contribution >= 4 is 21.8 Å². The fourth-order valence-electron chi connectivity index (χ4n) is 1.30. The second kappa shape index (κ2) is 5.05. The summed E-state index contributed by atoms with van der Waals surface area (Å²) in [6, 6.07) is 3.45. The molecule has 0 saturated heterocycles. The predicted octanol–water partition coefficient (Wildman–Crippen LogP) is 1.23. The van der Waals surface area contributed by atoms with Gasteiger partial charge in [0.05, 0.1) is 6.54 Å². The third-order valence-electron chi connectivity index (χ3n) is 2.15. The van der Waals surface area contributed by atoms with E-state index >= 15 is 0 Å². The van der Waals surface area contributed by atoms with Gasteiger partial charge < -0.3 is 4.90 Å². The van der Waals surface area contributed by atoms with Crippen molar-refractivity contribution in [3.05, 3.63) is 40.6 Å². The second-order valence-electron chi connectivity index (χ2n) is 3.46. The zero-order valence-electron chi connectivity index (χ0n) is 9.09. The highest BCUT2D eigenvalue weighted by Gasteiger charge is 2.14. The summed E-state index contributed by atoms with van der Waals surface area (Å²) in [5, 5.41) is 6.42. The van der Waals surface area contributed by atoms with Crippen molar-refractivity contribution in [1.29, 1.82) is 0 Å². The number of carbonyl (C=O) groups is 1. The van der Waals surface area contributed by atoms with Crippen molar-refractivity contribution in [2.24, 2.45) is 0 Å². The van der Waals surface area contributed by atoms with Gasteiger partial charge in [-0.05, 0) is 28.1 Å². The van der Waals surface area contributed by atoms with E-state index in [4.69, 9.17) is 0 Å². The molecule has 1 amide bonds. The quantitative estimate of drug-likeness (QED) is 0.924. The minimum atomic E-state index is -0.158. The van der Waals surface area contributed by atoms with E-state index in [1.54, 1.807) is 25.4 Å². The molecule has 0 fully saturated rings. The van der Waals surface area contributed by atoms with Gasteiger partial charge in [0.25, 0.3) is 5.91 Å². The van der Waals surface area contributed by atoms with Crippen LogP contribution in [0.15, 0.2) is 29.1 Å². The molecule has 0 aliphatic rings. The summed E-state index contributed by atoms with van der Waals surface area (Å²) < 4.78 is 0.840. The summed E-state index contributed by atoms with van der Waals surface area (Å²) in [6.07, 6.45) is 3.00. The van der Waals surface area contributed by atoms with Crippen LogP contribution in [-0.2, 0) is 6.54 Å². The van der Waals surface area contributed by atoms with Crippen molar-refractivity contribution in [3.63, 3.8) is 0 Å². The maximum absolute atomic E-state index is 12.0. The third kappa shape index (κ3) is 2.88. The minimum Gasteiger partial charge on any atom is -0.333 e. The zero-order chi connectivity index (χ0) is 12.3. The van der Waals surface area contributed by atoms with Crippen LogP contribution >= 0.6 is 15.9 Å². The number of nitrogens with zero attached hydrogens (tertiary/aromatic N) is 4. The Kier molecular flexibility index (Phi) is 3.48. The van der Waals surface area contributed by atoms with Crippen LogP contribution in [-0.4, -0.2) is 38.0 Å². The van der Waals surface area contributed by atoms with E-state index in [2.05, 4.69) is 36.1 Å². The largest absolute Gasteiger partial charge is 0.333 e. The summed E-state index contributed by atoms with van der Waals surface area (Å²) in [7, 11) is 1.69. The predicted molar refractivity (Wildman–Crippen MR) is 64.1 cm³/mol. The SMILES string of the molecule is CN(Cc1ncn[nH]1)C(=O)c1ccc(Br)cn1. The van der Waals surface area contributed by atoms with Gasteiger partial charge in [-0.2, -0.15) is 5.10 Å². The van der Waals surface area contributed by atoms with Gasteiger partial charge in [-0.3, -0.25) is 9.89 Å². The molecule has 0 bridgehead atoms. The monoisotopic (exact) mass is 295 g/mol. The molecule has 0 saturated carbocycles. The Morgan fingerprint density at radius 1 is 1.47 bits per heavy atom. The number of aromatic nitrogens is 4. The molecule has 0 unspecified atom stereocenters. The highest BCUT2D eigenvalue weighted by atomic mass is 79.9. The standard InChI is InChI=1S/C10H10BrN5O/c1-16(5-9-13-6-14-15-9)10(17)8-3-2-7(11)4-12-8/h2-4,6H,5H2,1H3,(H,13,14,15). The van der Waals surface area contributed by atoms with Gasteiger partial charge in [-0.25, -0.2) is 9.97 Å². The number of H-pyrrole nitrogens is 1. The number of carbonyl (C=O) groups excluding carboxylic acids is 1. The Morgan fingerprint density at radius 3 is 2.88 bits per heavy atom. The molecule has 6 nitrogen and oxygen atoms in total. The van der Waals surface area contributed by atoms with Gasteiger partial charge in [0.2, 0.25) is 0 Å². The van der Waals surface area contributed by atoms with Crippen LogP contribution in [0.4, 0.5) is 0 Å². The minimum absolute atomic E-state index is 0.158. The number of halogens is 1. The van der Waals surface area contributed by atoms with Crippen LogP contribution in [0.1, 0.15) is 16.3 Å². The Bertz CT molecular complexity index is 496. The highest BCUT2D eigenvalue weighted by Crippen LogP contribution is 2.09. The van der Waals surface area contributed by atoms with E-state index in [1.807, 2.05) is 0 Å². The van der Waals surface area contributed by atoms with Crippen LogP contribution < -0.4 is 0 Å². The van der Waals surface area contributed by atoms with Gasteiger partial charge in [0, 0.05) is 17.7 Å². The lowest BCUT2D eigenvalue weighted by atomic mass is 10.3. The molecular weight excluding hydrogens is 286 g/mol. The molecule has 2 aromatic heterocycles. The van der Waals surface area contributed by atoms with E-state index in [0.29, 0.717) is 18.1 Å². The maximum Gasteiger partial charge on any atom is 0.272 e. The first-order valence-electron chi connectivity index (χ1n) is 4.88. The topological polar surface area (TPSA) is 74.8 Å². The summed E-state index contributed by atoms with van der Waals surface area (Å²) in [5.74, 6) is 0.479. The Labute approximate surface area is 106 Å². The summed E-state index contributed by atoms with van der Waals surface area (Å²) in [5.41, 5.74) is 0.398. The van der Waals surface area contributed by atoms with Crippen molar-refractivity contribution < 1.29 is 4.79 Å². The number of hydrogen-bond acceptors (Lipinski definition) is 4. The molecule has 0 aliphatic carbocycles. The Morgan fingerprint density at radius 2 is 2.29 bits per heavy atom. The molecule has 1 N–H and O–H groups in total. The number of amides is 1. The summed E-state index contributed by atoms with van der Waals surface area (Å²) in [6.45, 7) is 0.372.